The Kier molecular flexibility index (Phi) is 4.28. The van der Waals surface area contributed by atoms with Gasteiger partial charge in [-0.25, -0.2) is 4.39 Å². The van der Waals surface area contributed by atoms with Crippen LogP contribution in [-0.4, -0.2) is 42.0 Å². The predicted molar refractivity (Wildman–Crippen MR) is 97.0 cm³/mol. The van der Waals surface area contributed by atoms with Gasteiger partial charge in [0, 0.05) is 35.1 Å². The summed E-state index contributed by atoms with van der Waals surface area (Å²) in [4.78, 5) is 18.2. The molecule has 1 amide bonds. The third kappa shape index (κ3) is 3.56. The van der Waals surface area contributed by atoms with Gasteiger partial charge in [-0.2, -0.15) is 0 Å². The van der Waals surface area contributed by atoms with Crippen LogP contribution in [0.2, 0.25) is 0 Å². The van der Waals surface area contributed by atoms with Crippen molar-refractivity contribution in [1.29, 1.82) is 0 Å². The van der Waals surface area contributed by atoms with E-state index in [1.165, 1.54) is 50.9 Å². The number of benzene rings is 1. The smallest absolute Gasteiger partial charge is 0.224 e. The number of aromatic nitrogens is 1. The Hall–Kier alpha value is -1.88. The Balaban J connectivity index is 1.38. The normalized spacial score (nSPS) is 19.4. The number of carbonyl (C=O) groups excluding carboxylic acids is 1. The molecule has 1 aliphatic heterocycles. The Labute approximate surface area is 147 Å². The highest BCUT2D eigenvalue weighted by molar-refractivity contribution is 5.90. The molecule has 1 saturated heterocycles. The zero-order valence-electron chi connectivity index (χ0n) is 14.8. The lowest BCUT2D eigenvalue weighted by molar-refractivity contribution is -0.120. The van der Waals surface area contributed by atoms with Crippen LogP contribution < -0.4 is 5.32 Å². The molecule has 0 unspecified atom stereocenters. The lowest BCUT2D eigenvalue weighted by Crippen LogP contribution is -2.37. The van der Waals surface area contributed by atoms with Crippen LogP contribution in [-0.2, 0) is 11.2 Å². The fourth-order valence-electron chi connectivity index (χ4n) is 4.07. The Morgan fingerprint density at radius 3 is 2.80 bits per heavy atom. The maximum atomic E-state index is 13.6. The third-order valence-corrected chi connectivity index (χ3v) is 5.79. The molecular weight excluding hydrogens is 317 g/mol. The minimum atomic E-state index is -0.268. The van der Waals surface area contributed by atoms with E-state index in [-0.39, 0.29) is 11.7 Å². The molecular formula is C20H26FN3O. The summed E-state index contributed by atoms with van der Waals surface area (Å²) in [6.45, 7) is 6.23. The van der Waals surface area contributed by atoms with E-state index in [0.29, 0.717) is 11.8 Å². The molecule has 25 heavy (non-hydrogen) atoms. The zero-order chi connectivity index (χ0) is 17.4. The van der Waals surface area contributed by atoms with Crippen LogP contribution in [0, 0.1) is 18.2 Å². The molecule has 2 aromatic rings. The highest BCUT2D eigenvalue weighted by Gasteiger charge is 2.44. The van der Waals surface area contributed by atoms with Gasteiger partial charge in [0.1, 0.15) is 5.82 Å². The molecule has 0 radical (unpaired) electrons. The molecule has 2 heterocycles. The number of hydrogen-bond acceptors (Lipinski definition) is 2. The average Bonchev–Trinajstić information content (AvgIpc) is 3.01. The van der Waals surface area contributed by atoms with Crippen LogP contribution in [0.15, 0.2) is 18.2 Å². The van der Waals surface area contributed by atoms with Crippen LogP contribution >= 0.6 is 0 Å². The SMILES string of the molecule is Cc1[nH]c2ccc(F)cc2c1CC(=O)NCC1(CN2CCCC2)CC1. The van der Waals surface area contributed by atoms with E-state index in [9.17, 15) is 9.18 Å². The van der Waals surface area contributed by atoms with Crippen molar-refractivity contribution in [2.75, 3.05) is 26.2 Å². The summed E-state index contributed by atoms with van der Waals surface area (Å²) in [6, 6.07) is 4.68. The quantitative estimate of drug-likeness (QED) is 0.846. The van der Waals surface area contributed by atoms with Crippen LogP contribution in [0.25, 0.3) is 10.9 Å². The minimum absolute atomic E-state index is 0.0287. The summed E-state index contributed by atoms with van der Waals surface area (Å²) in [5, 5.41) is 3.94. The number of rotatable bonds is 6. The molecule has 2 fully saturated rings. The van der Waals surface area contributed by atoms with Gasteiger partial charge in [0.25, 0.3) is 0 Å². The van der Waals surface area contributed by atoms with Crippen molar-refractivity contribution in [3.63, 3.8) is 0 Å². The van der Waals surface area contributed by atoms with Crippen LogP contribution in [0.3, 0.4) is 0 Å². The van der Waals surface area contributed by atoms with Crippen LogP contribution in [0.5, 0.6) is 0 Å². The second kappa shape index (κ2) is 6.45. The Morgan fingerprint density at radius 2 is 2.08 bits per heavy atom. The summed E-state index contributed by atoms with van der Waals surface area (Å²) in [5.74, 6) is -0.239. The number of H-pyrrole nitrogens is 1. The standard InChI is InChI=1S/C20H26FN3O/c1-14-16(17-10-15(21)4-5-18(17)23-14)11-19(25)22-12-20(6-7-20)13-24-8-2-3-9-24/h4-5,10,23H,2-3,6-9,11-13H2,1H3,(H,22,25). The monoisotopic (exact) mass is 343 g/mol. The van der Waals surface area contributed by atoms with Crippen molar-refractivity contribution >= 4 is 16.8 Å². The zero-order valence-corrected chi connectivity index (χ0v) is 14.8. The van der Waals surface area contributed by atoms with E-state index >= 15 is 0 Å². The highest BCUT2D eigenvalue weighted by atomic mass is 19.1. The van der Waals surface area contributed by atoms with Crippen molar-refractivity contribution in [3.8, 4) is 0 Å². The van der Waals surface area contributed by atoms with Gasteiger partial charge in [-0.15, -0.1) is 0 Å². The topological polar surface area (TPSA) is 48.1 Å². The fraction of sp³-hybridized carbons (Fsp3) is 0.550. The van der Waals surface area contributed by atoms with Crippen LogP contribution in [0.4, 0.5) is 4.39 Å². The summed E-state index contributed by atoms with van der Waals surface area (Å²) in [5.41, 5.74) is 3.02. The number of carbonyl (C=O) groups is 1. The van der Waals surface area contributed by atoms with Gasteiger partial charge in [-0.1, -0.05) is 0 Å². The molecule has 4 rings (SSSR count). The van der Waals surface area contributed by atoms with E-state index in [1.807, 2.05) is 6.92 Å². The molecule has 1 aromatic heterocycles. The molecule has 1 saturated carbocycles. The first-order valence-corrected chi connectivity index (χ1v) is 9.30. The molecule has 1 aliphatic carbocycles. The molecule has 5 heteroatoms. The number of nitrogens with one attached hydrogen (secondary N) is 2. The van der Waals surface area contributed by atoms with Gasteiger partial charge in [0.05, 0.1) is 6.42 Å². The second-order valence-corrected chi connectivity index (χ2v) is 7.86. The molecule has 134 valence electrons. The molecule has 0 spiro atoms. The van der Waals surface area contributed by atoms with E-state index in [1.54, 1.807) is 6.07 Å². The summed E-state index contributed by atoms with van der Waals surface area (Å²) >= 11 is 0. The Bertz CT molecular complexity index is 788. The average molecular weight is 343 g/mol. The van der Waals surface area contributed by atoms with Gasteiger partial charge < -0.3 is 15.2 Å². The summed E-state index contributed by atoms with van der Waals surface area (Å²) < 4.78 is 13.6. The summed E-state index contributed by atoms with van der Waals surface area (Å²) in [6.07, 6.45) is 5.33. The minimum Gasteiger partial charge on any atom is -0.358 e. The van der Waals surface area contributed by atoms with Crippen molar-refractivity contribution < 1.29 is 9.18 Å². The molecule has 0 bridgehead atoms. The van der Waals surface area contributed by atoms with Gasteiger partial charge in [-0.05, 0) is 69.5 Å². The Morgan fingerprint density at radius 1 is 1.32 bits per heavy atom. The number of aromatic amines is 1. The largest absolute Gasteiger partial charge is 0.358 e. The van der Waals surface area contributed by atoms with Gasteiger partial charge in [-0.3, -0.25) is 4.79 Å². The molecule has 0 atom stereocenters. The number of amides is 1. The number of halogens is 1. The van der Waals surface area contributed by atoms with E-state index in [4.69, 9.17) is 0 Å². The molecule has 1 aromatic carbocycles. The lowest BCUT2D eigenvalue weighted by atomic mass is 10.1. The molecule has 2 N–H and O–H groups in total. The van der Waals surface area contributed by atoms with Gasteiger partial charge in [0.2, 0.25) is 5.91 Å². The third-order valence-electron chi connectivity index (χ3n) is 5.79. The maximum Gasteiger partial charge on any atom is 0.224 e. The first-order valence-electron chi connectivity index (χ1n) is 9.30. The lowest BCUT2D eigenvalue weighted by Gasteiger charge is -2.23. The first kappa shape index (κ1) is 16.6. The predicted octanol–water partition coefficient (Wildman–Crippen LogP) is 3.15. The molecule has 2 aliphatic rings. The van der Waals surface area contributed by atoms with Crippen molar-refractivity contribution in [2.45, 2.75) is 39.0 Å². The maximum absolute atomic E-state index is 13.6. The van der Waals surface area contributed by atoms with Crippen LogP contribution in [0.1, 0.15) is 36.9 Å². The summed E-state index contributed by atoms with van der Waals surface area (Å²) in [7, 11) is 0. The van der Waals surface area contributed by atoms with E-state index in [2.05, 4.69) is 15.2 Å². The van der Waals surface area contributed by atoms with Gasteiger partial charge in [0.15, 0.2) is 0 Å². The van der Waals surface area contributed by atoms with E-state index in [0.717, 1.165) is 35.2 Å². The van der Waals surface area contributed by atoms with Crippen molar-refractivity contribution in [1.82, 2.24) is 15.2 Å². The van der Waals surface area contributed by atoms with Crippen molar-refractivity contribution in [2.24, 2.45) is 5.41 Å². The van der Waals surface area contributed by atoms with Gasteiger partial charge >= 0.3 is 0 Å². The number of aryl methyl sites for hydroxylation is 1. The van der Waals surface area contributed by atoms with E-state index < -0.39 is 0 Å². The number of likely N-dealkylation sites (tertiary alicyclic amines) is 1. The second-order valence-electron chi connectivity index (χ2n) is 7.86. The number of nitrogens with zero attached hydrogens (tertiary/aromatic N) is 1. The highest BCUT2D eigenvalue weighted by Crippen LogP contribution is 2.46. The molecule has 4 nitrogen and oxygen atoms in total. The number of hydrogen-bond donors (Lipinski definition) is 2. The van der Waals surface area contributed by atoms with Crippen molar-refractivity contribution in [3.05, 3.63) is 35.3 Å². The fourth-order valence-corrected chi connectivity index (χ4v) is 4.07. The number of fused-ring (bicyclic) bond motifs is 1. The first-order chi connectivity index (χ1) is 12.0.